The molecule has 1 aromatic rings. The van der Waals surface area contributed by atoms with Crippen molar-refractivity contribution in [2.24, 2.45) is 0 Å². The Labute approximate surface area is 156 Å². The van der Waals surface area contributed by atoms with Gasteiger partial charge in [0.1, 0.15) is 10.6 Å². The molecule has 1 heterocycles. The number of rotatable bonds is 10. The topological polar surface area (TPSA) is 94.5 Å². The maximum atomic E-state index is 12.8. The first-order chi connectivity index (χ1) is 12.5. The van der Waals surface area contributed by atoms with Crippen molar-refractivity contribution in [1.82, 2.24) is 9.62 Å². The zero-order valence-corrected chi connectivity index (χ0v) is 16.3. The summed E-state index contributed by atoms with van der Waals surface area (Å²) in [6, 6.07) is 4.83. The summed E-state index contributed by atoms with van der Waals surface area (Å²) in [7, 11) is -2.27. The van der Waals surface area contributed by atoms with Gasteiger partial charge in [-0.25, -0.2) is 13.1 Å². The number of methoxy groups -OCH3 is 1. The Morgan fingerprint density at radius 2 is 2.15 bits per heavy atom. The third-order valence-corrected chi connectivity index (χ3v) is 6.01. The van der Waals surface area contributed by atoms with Crippen LogP contribution in [0.3, 0.4) is 0 Å². The third-order valence-electron chi connectivity index (χ3n) is 4.46. The zero-order chi connectivity index (χ0) is 19.0. The number of benzene rings is 1. The number of hydrogen-bond donors (Lipinski definition) is 2. The van der Waals surface area contributed by atoms with Gasteiger partial charge in [-0.15, -0.1) is 0 Å². The molecule has 144 valence electrons. The minimum Gasteiger partial charge on any atom is -0.495 e. The van der Waals surface area contributed by atoms with E-state index < -0.39 is 10.0 Å². The van der Waals surface area contributed by atoms with Gasteiger partial charge in [0.2, 0.25) is 10.0 Å². The van der Waals surface area contributed by atoms with Gasteiger partial charge in [0.15, 0.2) is 6.19 Å². The molecule has 1 aliphatic rings. The van der Waals surface area contributed by atoms with E-state index in [0.717, 1.165) is 25.1 Å². The van der Waals surface area contributed by atoms with Crippen molar-refractivity contribution in [3.05, 3.63) is 18.2 Å². The van der Waals surface area contributed by atoms with Crippen LogP contribution in [-0.2, 0) is 10.0 Å². The van der Waals surface area contributed by atoms with Gasteiger partial charge in [-0.05, 0) is 31.0 Å². The van der Waals surface area contributed by atoms with Crippen molar-refractivity contribution in [3.63, 3.8) is 0 Å². The average molecular weight is 381 g/mol. The molecule has 1 atom stereocenters. The van der Waals surface area contributed by atoms with Crippen LogP contribution in [0.1, 0.15) is 39.0 Å². The summed E-state index contributed by atoms with van der Waals surface area (Å²) in [6.07, 6.45) is 7.26. The number of likely N-dealkylation sites (tertiary alicyclic amines) is 1. The fourth-order valence-electron chi connectivity index (χ4n) is 3.01. The fraction of sp³-hybridized carbons (Fsp3) is 0.611. The molecular weight excluding hydrogens is 352 g/mol. The van der Waals surface area contributed by atoms with Gasteiger partial charge in [0.05, 0.1) is 7.11 Å². The SMILES string of the molecule is CCCCCCNc1ccc(OC)c(S(=O)(=O)N[C@@H]2CCN(C#N)C2)c1. The number of anilines is 1. The van der Waals surface area contributed by atoms with E-state index in [1.165, 1.54) is 20.0 Å². The molecule has 2 rings (SSSR count). The largest absolute Gasteiger partial charge is 0.495 e. The number of ether oxygens (including phenoxy) is 1. The quantitative estimate of drug-likeness (QED) is 0.478. The summed E-state index contributed by atoms with van der Waals surface area (Å²) in [6.45, 7) is 3.94. The van der Waals surface area contributed by atoms with Crippen molar-refractivity contribution < 1.29 is 13.2 Å². The molecule has 2 N–H and O–H groups in total. The van der Waals surface area contributed by atoms with Crippen LogP contribution in [0.4, 0.5) is 5.69 Å². The van der Waals surface area contributed by atoms with Gasteiger partial charge >= 0.3 is 0 Å². The highest BCUT2D eigenvalue weighted by Gasteiger charge is 2.28. The van der Waals surface area contributed by atoms with Crippen molar-refractivity contribution >= 4 is 15.7 Å². The van der Waals surface area contributed by atoms with E-state index in [9.17, 15) is 8.42 Å². The summed E-state index contributed by atoms with van der Waals surface area (Å²) in [5.41, 5.74) is 0.757. The van der Waals surface area contributed by atoms with Crippen molar-refractivity contribution in [2.45, 2.75) is 50.0 Å². The lowest BCUT2D eigenvalue weighted by Gasteiger charge is -2.16. The van der Waals surface area contributed by atoms with Gasteiger partial charge < -0.3 is 15.0 Å². The number of hydrogen-bond acceptors (Lipinski definition) is 6. The van der Waals surface area contributed by atoms with Gasteiger partial charge in [-0.3, -0.25) is 0 Å². The molecule has 1 aromatic carbocycles. The predicted molar refractivity (Wildman–Crippen MR) is 102 cm³/mol. The Bertz CT molecular complexity index is 730. The van der Waals surface area contributed by atoms with Crippen molar-refractivity contribution in [2.75, 3.05) is 32.1 Å². The summed E-state index contributed by atoms with van der Waals surface area (Å²) in [4.78, 5) is 1.67. The van der Waals surface area contributed by atoms with E-state index in [0.29, 0.717) is 25.3 Å². The summed E-state index contributed by atoms with van der Waals surface area (Å²) < 4.78 is 33.6. The Balaban J connectivity index is 2.07. The van der Waals surface area contributed by atoms with Crippen LogP contribution in [0.5, 0.6) is 5.75 Å². The minimum atomic E-state index is -3.73. The third kappa shape index (κ3) is 5.51. The van der Waals surface area contributed by atoms with Gasteiger partial charge in [-0.2, -0.15) is 5.26 Å². The molecule has 0 amide bonds. The minimum absolute atomic E-state index is 0.119. The number of sulfonamides is 1. The smallest absolute Gasteiger partial charge is 0.244 e. The Hall–Kier alpha value is -1.98. The molecule has 7 nitrogen and oxygen atoms in total. The predicted octanol–water partition coefficient (Wildman–Crippen LogP) is 2.52. The van der Waals surface area contributed by atoms with Crippen LogP contribution in [0.2, 0.25) is 0 Å². The van der Waals surface area contributed by atoms with Gasteiger partial charge in [0.25, 0.3) is 0 Å². The fourth-order valence-corrected chi connectivity index (χ4v) is 4.47. The van der Waals surface area contributed by atoms with Gasteiger partial charge in [-0.1, -0.05) is 26.2 Å². The van der Waals surface area contributed by atoms with E-state index in [-0.39, 0.29) is 10.9 Å². The molecule has 1 fully saturated rings. The van der Waals surface area contributed by atoms with Gasteiger partial charge in [0, 0.05) is 31.4 Å². The number of unbranched alkanes of at least 4 members (excludes halogenated alkanes) is 3. The van der Waals surface area contributed by atoms with E-state index in [4.69, 9.17) is 10.00 Å². The number of nitriles is 1. The molecular formula is C18H28N4O3S. The summed E-state index contributed by atoms with van der Waals surface area (Å²) >= 11 is 0. The standard InChI is InChI=1S/C18H28N4O3S/c1-3-4-5-6-10-20-15-7-8-17(25-2)18(12-15)26(23,24)21-16-9-11-22(13-16)14-19/h7-8,12,16,20-21H,3-6,9-11,13H2,1-2H3/t16-/m1/s1. The van der Waals surface area contributed by atoms with Crippen molar-refractivity contribution in [3.8, 4) is 11.9 Å². The van der Waals surface area contributed by atoms with Crippen LogP contribution in [0.15, 0.2) is 23.1 Å². The zero-order valence-electron chi connectivity index (χ0n) is 15.5. The molecule has 1 aliphatic heterocycles. The Morgan fingerprint density at radius 3 is 2.81 bits per heavy atom. The Kier molecular flexibility index (Phi) is 7.54. The van der Waals surface area contributed by atoms with Crippen LogP contribution < -0.4 is 14.8 Å². The molecule has 0 bridgehead atoms. The van der Waals surface area contributed by atoms with Crippen LogP contribution in [-0.4, -0.2) is 46.1 Å². The lowest BCUT2D eigenvalue weighted by molar-refractivity contribution is 0.402. The van der Waals surface area contributed by atoms with E-state index in [2.05, 4.69) is 23.2 Å². The summed E-state index contributed by atoms with van der Waals surface area (Å²) in [5.74, 6) is 0.309. The molecule has 0 aromatic heterocycles. The highest BCUT2D eigenvalue weighted by Crippen LogP contribution is 2.28. The monoisotopic (exact) mass is 380 g/mol. The molecule has 8 heteroatoms. The van der Waals surface area contributed by atoms with E-state index >= 15 is 0 Å². The second-order valence-corrected chi connectivity index (χ2v) is 8.19. The molecule has 0 saturated carbocycles. The van der Waals surface area contributed by atoms with Crippen LogP contribution in [0, 0.1) is 11.5 Å². The van der Waals surface area contributed by atoms with Crippen molar-refractivity contribution in [1.29, 1.82) is 5.26 Å². The molecule has 0 spiro atoms. The van der Waals surface area contributed by atoms with E-state index in [1.807, 2.05) is 6.07 Å². The molecule has 0 aliphatic carbocycles. The first-order valence-corrected chi connectivity index (χ1v) is 10.6. The normalized spacial score (nSPS) is 17.1. The molecule has 0 unspecified atom stereocenters. The maximum absolute atomic E-state index is 12.8. The number of nitrogens with one attached hydrogen (secondary N) is 2. The lowest BCUT2D eigenvalue weighted by atomic mass is 10.2. The Morgan fingerprint density at radius 1 is 1.35 bits per heavy atom. The highest BCUT2D eigenvalue weighted by molar-refractivity contribution is 7.89. The van der Waals surface area contributed by atoms with E-state index in [1.54, 1.807) is 17.0 Å². The number of nitrogens with zero attached hydrogens (tertiary/aromatic N) is 2. The molecule has 1 saturated heterocycles. The molecule has 0 radical (unpaired) electrons. The average Bonchev–Trinajstić information content (AvgIpc) is 3.08. The first kappa shape index (κ1) is 20.3. The summed E-state index contributed by atoms with van der Waals surface area (Å²) in [5, 5.41) is 12.2. The second kappa shape index (κ2) is 9.64. The van der Waals surface area contributed by atoms with Crippen LogP contribution in [0.25, 0.3) is 0 Å². The molecule has 26 heavy (non-hydrogen) atoms. The second-order valence-electron chi connectivity index (χ2n) is 6.51. The van der Waals surface area contributed by atoms with Crippen LogP contribution >= 0.6 is 0 Å². The lowest BCUT2D eigenvalue weighted by Crippen LogP contribution is -2.36. The highest BCUT2D eigenvalue weighted by atomic mass is 32.2. The first-order valence-electron chi connectivity index (χ1n) is 9.09. The maximum Gasteiger partial charge on any atom is 0.244 e.